The minimum atomic E-state index is -0.921. The lowest BCUT2D eigenvalue weighted by atomic mass is 10.0. The van der Waals surface area contributed by atoms with Gasteiger partial charge < -0.3 is 16.6 Å². The van der Waals surface area contributed by atoms with Crippen LogP contribution in [0, 0.1) is 0 Å². The molecule has 0 aliphatic heterocycles. The number of carboxylic acids is 1. The Bertz CT molecular complexity index is 194. The summed E-state index contributed by atoms with van der Waals surface area (Å²) in [5.41, 5.74) is 10.8. The van der Waals surface area contributed by atoms with Crippen LogP contribution >= 0.6 is 0 Å². The fourth-order valence-corrected chi connectivity index (χ4v) is 1.07. The van der Waals surface area contributed by atoms with Crippen LogP contribution in [0.15, 0.2) is 0 Å². The summed E-state index contributed by atoms with van der Waals surface area (Å²) in [7, 11) is 0. The average molecular weight is 202 g/mol. The second kappa shape index (κ2) is 7.46. The van der Waals surface area contributed by atoms with Gasteiger partial charge in [-0.25, -0.2) is 0 Å². The first kappa shape index (κ1) is 13.1. The van der Waals surface area contributed by atoms with Gasteiger partial charge in [-0.3, -0.25) is 9.59 Å². The first-order valence-corrected chi connectivity index (χ1v) is 4.78. The van der Waals surface area contributed by atoms with Crippen molar-refractivity contribution < 1.29 is 14.7 Å². The van der Waals surface area contributed by atoms with E-state index in [1.165, 1.54) is 0 Å². The number of rotatable bonds is 8. The van der Waals surface area contributed by atoms with Crippen LogP contribution in [0.3, 0.4) is 0 Å². The molecule has 0 spiro atoms. The summed E-state index contributed by atoms with van der Waals surface area (Å²) in [6.07, 6.45) is 2.10. The molecule has 0 aromatic heterocycles. The van der Waals surface area contributed by atoms with Gasteiger partial charge in [0, 0.05) is 12.8 Å². The zero-order valence-corrected chi connectivity index (χ0v) is 8.24. The highest BCUT2D eigenvalue weighted by atomic mass is 16.4. The van der Waals surface area contributed by atoms with E-state index in [1.54, 1.807) is 0 Å². The molecule has 1 atom stereocenters. The lowest BCUT2D eigenvalue weighted by Crippen LogP contribution is -2.31. The quantitative estimate of drug-likeness (QED) is 0.475. The number of carboxylic acid groups (broad SMARTS) is 1. The van der Waals surface area contributed by atoms with E-state index in [0.717, 1.165) is 12.8 Å². The van der Waals surface area contributed by atoms with Crippen LogP contribution in [0.25, 0.3) is 0 Å². The zero-order chi connectivity index (χ0) is 11.0. The van der Waals surface area contributed by atoms with Crippen LogP contribution in [0.1, 0.15) is 32.1 Å². The molecule has 0 saturated heterocycles. The van der Waals surface area contributed by atoms with E-state index in [9.17, 15) is 9.59 Å². The van der Waals surface area contributed by atoms with Crippen LogP contribution in [0.4, 0.5) is 0 Å². The smallest absolute Gasteiger partial charge is 0.303 e. The van der Waals surface area contributed by atoms with Gasteiger partial charge in [0.25, 0.3) is 0 Å². The number of Topliss-reactive ketones (excluding diaryl/α,β-unsaturated/α-hetero) is 1. The highest BCUT2D eigenvalue weighted by Crippen LogP contribution is 2.02. The summed E-state index contributed by atoms with van der Waals surface area (Å²) in [6.45, 7) is 0.567. The van der Waals surface area contributed by atoms with Gasteiger partial charge in [0.2, 0.25) is 0 Å². The molecule has 0 bridgehead atoms. The second-order valence-electron chi connectivity index (χ2n) is 3.25. The molecule has 0 amide bonds. The first-order chi connectivity index (χ1) is 6.57. The zero-order valence-electron chi connectivity index (χ0n) is 8.24. The molecule has 0 heterocycles. The van der Waals surface area contributed by atoms with Gasteiger partial charge in [-0.15, -0.1) is 0 Å². The lowest BCUT2D eigenvalue weighted by molar-refractivity contribution is -0.137. The van der Waals surface area contributed by atoms with Crippen molar-refractivity contribution in [3.8, 4) is 0 Å². The molecular formula is C9H18N2O3. The first-order valence-electron chi connectivity index (χ1n) is 4.78. The molecule has 0 fully saturated rings. The summed E-state index contributed by atoms with van der Waals surface area (Å²) < 4.78 is 0. The van der Waals surface area contributed by atoms with E-state index < -0.39 is 12.0 Å². The molecule has 0 aliphatic rings. The third-order valence-corrected chi connectivity index (χ3v) is 1.96. The molecule has 5 N–H and O–H groups in total. The fraction of sp³-hybridized carbons (Fsp3) is 0.778. The fourth-order valence-electron chi connectivity index (χ4n) is 1.07. The molecule has 0 saturated carbocycles. The van der Waals surface area contributed by atoms with Crippen LogP contribution < -0.4 is 11.5 Å². The highest BCUT2D eigenvalue weighted by Gasteiger charge is 2.13. The van der Waals surface area contributed by atoms with Crippen molar-refractivity contribution in [2.24, 2.45) is 11.5 Å². The van der Waals surface area contributed by atoms with Gasteiger partial charge in [-0.05, 0) is 25.8 Å². The molecular weight excluding hydrogens is 184 g/mol. The van der Waals surface area contributed by atoms with Crippen LogP contribution in [0.2, 0.25) is 0 Å². The molecule has 5 heteroatoms. The van der Waals surface area contributed by atoms with Gasteiger partial charge in [0.1, 0.15) is 5.78 Å². The Morgan fingerprint density at radius 3 is 2.36 bits per heavy atom. The Balaban J connectivity index is 3.59. The predicted octanol–water partition coefficient (Wildman–Crippen LogP) is -0.123. The highest BCUT2D eigenvalue weighted by molar-refractivity contribution is 5.84. The standard InChI is InChI=1S/C9H18N2O3/c10-6-2-1-3-8(12)7(11)4-5-9(13)14/h7H,1-6,10-11H2,(H,13,14). The number of aliphatic carboxylic acids is 1. The SMILES string of the molecule is NCCCCC(=O)C(N)CCC(=O)O. The Kier molecular flexibility index (Phi) is 6.96. The molecule has 82 valence electrons. The van der Waals surface area contributed by atoms with Crippen molar-refractivity contribution in [2.45, 2.75) is 38.1 Å². The van der Waals surface area contributed by atoms with Crippen molar-refractivity contribution in [3.05, 3.63) is 0 Å². The monoisotopic (exact) mass is 202 g/mol. The van der Waals surface area contributed by atoms with Gasteiger partial charge >= 0.3 is 5.97 Å². The minimum absolute atomic E-state index is 0.0518. The average Bonchev–Trinajstić information content (AvgIpc) is 2.14. The Hall–Kier alpha value is -0.940. The summed E-state index contributed by atoms with van der Waals surface area (Å²) in [4.78, 5) is 21.5. The molecule has 0 aliphatic carbocycles. The third-order valence-electron chi connectivity index (χ3n) is 1.96. The van der Waals surface area contributed by atoms with E-state index in [4.69, 9.17) is 16.6 Å². The number of carbonyl (C=O) groups excluding carboxylic acids is 1. The molecule has 0 aromatic carbocycles. The number of ketones is 1. The summed E-state index contributed by atoms with van der Waals surface area (Å²) >= 11 is 0. The van der Waals surface area contributed by atoms with Crippen molar-refractivity contribution in [1.82, 2.24) is 0 Å². The maximum absolute atomic E-state index is 11.3. The number of hydrogen-bond acceptors (Lipinski definition) is 4. The van der Waals surface area contributed by atoms with E-state index in [2.05, 4.69) is 0 Å². The predicted molar refractivity (Wildman–Crippen MR) is 52.8 cm³/mol. The number of unbranched alkanes of at least 4 members (excludes halogenated alkanes) is 1. The van der Waals surface area contributed by atoms with Crippen molar-refractivity contribution in [3.63, 3.8) is 0 Å². The molecule has 14 heavy (non-hydrogen) atoms. The van der Waals surface area contributed by atoms with Crippen LogP contribution in [0.5, 0.6) is 0 Å². The normalized spacial score (nSPS) is 12.4. The van der Waals surface area contributed by atoms with E-state index in [1.807, 2.05) is 0 Å². The number of hydrogen-bond donors (Lipinski definition) is 3. The lowest BCUT2D eigenvalue weighted by Gasteiger charge is -2.08. The summed E-state index contributed by atoms with van der Waals surface area (Å²) in [6, 6.07) is -0.635. The van der Waals surface area contributed by atoms with Gasteiger partial charge in [-0.2, -0.15) is 0 Å². The molecule has 0 rings (SSSR count). The van der Waals surface area contributed by atoms with E-state index in [-0.39, 0.29) is 18.6 Å². The van der Waals surface area contributed by atoms with Gasteiger partial charge in [0.05, 0.1) is 6.04 Å². The van der Waals surface area contributed by atoms with Crippen molar-refractivity contribution in [2.75, 3.05) is 6.54 Å². The number of carbonyl (C=O) groups is 2. The Morgan fingerprint density at radius 2 is 1.86 bits per heavy atom. The topological polar surface area (TPSA) is 106 Å². The van der Waals surface area contributed by atoms with Crippen molar-refractivity contribution >= 4 is 11.8 Å². The van der Waals surface area contributed by atoms with Crippen molar-refractivity contribution in [1.29, 1.82) is 0 Å². The Labute approximate surface area is 83.5 Å². The molecule has 1 unspecified atom stereocenters. The third kappa shape index (κ3) is 6.56. The van der Waals surface area contributed by atoms with Gasteiger partial charge in [-0.1, -0.05) is 0 Å². The van der Waals surface area contributed by atoms with Crippen LogP contribution in [-0.4, -0.2) is 29.4 Å². The van der Waals surface area contributed by atoms with Crippen LogP contribution in [-0.2, 0) is 9.59 Å². The largest absolute Gasteiger partial charge is 0.481 e. The minimum Gasteiger partial charge on any atom is -0.481 e. The van der Waals surface area contributed by atoms with E-state index in [0.29, 0.717) is 13.0 Å². The maximum atomic E-state index is 11.3. The van der Waals surface area contributed by atoms with E-state index >= 15 is 0 Å². The molecule has 5 nitrogen and oxygen atoms in total. The van der Waals surface area contributed by atoms with Gasteiger partial charge in [0.15, 0.2) is 0 Å². The second-order valence-corrected chi connectivity index (χ2v) is 3.25. The summed E-state index contributed by atoms with van der Waals surface area (Å²) in [5.74, 6) is -0.991. The summed E-state index contributed by atoms with van der Waals surface area (Å²) in [5, 5.41) is 8.37. The Morgan fingerprint density at radius 1 is 1.21 bits per heavy atom. The molecule has 0 radical (unpaired) electrons. The maximum Gasteiger partial charge on any atom is 0.303 e. The number of nitrogens with two attached hydrogens (primary N) is 2. The molecule has 0 aromatic rings.